The molecular weight excluding hydrogens is 671 g/mol. The lowest BCUT2D eigenvalue weighted by atomic mass is 9.94. The fourth-order valence-corrected chi connectivity index (χ4v) is 8.99. The second kappa shape index (κ2) is 13.7. The van der Waals surface area contributed by atoms with Crippen LogP contribution in [-0.4, -0.2) is 0 Å². The van der Waals surface area contributed by atoms with E-state index in [0.29, 0.717) is 0 Å². The molecule has 9 aromatic carbocycles. The molecule has 0 radical (unpaired) electrons. The Labute approximate surface area is 319 Å². The molecule has 0 bridgehead atoms. The Morgan fingerprint density at radius 2 is 0.852 bits per heavy atom. The van der Waals surface area contributed by atoms with Crippen molar-refractivity contribution in [2.24, 2.45) is 0 Å². The molecule has 0 N–H and O–H groups in total. The van der Waals surface area contributed by atoms with E-state index in [1.54, 1.807) is 0 Å². The van der Waals surface area contributed by atoms with Gasteiger partial charge in [-0.1, -0.05) is 170 Å². The molecule has 10 rings (SSSR count). The number of benzene rings is 9. The number of hydrogen-bond donors (Lipinski definition) is 0. The van der Waals surface area contributed by atoms with Crippen LogP contribution in [0.1, 0.15) is 0 Å². The highest BCUT2D eigenvalue weighted by atomic mass is 32.1. The van der Waals surface area contributed by atoms with Gasteiger partial charge in [-0.05, 0) is 92.2 Å². The standard InChI is InChI=1S/C52H35NS/c1-3-13-36(14-4-1)37-25-27-41(28-26-37)45-18-7-9-21-48(45)53(49-22-12-24-51-52(49)46-19-8-10-23-50(46)54-51)43-33-31-38(32-34-43)42-30-29-40-17-11-20-44(47(40)35-42)39-15-5-2-6-16-39/h1-35H. The lowest BCUT2D eigenvalue weighted by Gasteiger charge is -2.29. The molecule has 54 heavy (non-hydrogen) atoms. The minimum absolute atomic E-state index is 1.11. The predicted octanol–water partition coefficient (Wildman–Crippen LogP) is 15.3. The van der Waals surface area contributed by atoms with Gasteiger partial charge in [0.25, 0.3) is 0 Å². The van der Waals surface area contributed by atoms with Crippen LogP contribution in [-0.2, 0) is 0 Å². The van der Waals surface area contributed by atoms with Crippen LogP contribution in [0.15, 0.2) is 212 Å². The molecule has 2 heteroatoms. The summed E-state index contributed by atoms with van der Waals surface area (Å²) in [6, 6.07) is 77.1. The van der Waals surface area contributed by atoms with Gasteiger partial charge >= 0.3 is 0 Å². The van der Waals surface area contributed by atoms with Gasteiger partial charge in [0, 0.05) is 31.4 Å². The predicted molar refractivity (Wildman–Crippen MR) is 233 cm³/mol. The molecule has 254 valence electrons. The van der Waals surface area contributed by atoms with Gasteiger partial charge < -0.3 is 4.90 Å². The fourth-order valence-electron chi connectivity index (χ4n) is 7.86. The molecule has 0 atom stereocenters. The number of anilines is 3. The molecule has 1 heterocycles. The minimum Gasteiger partial charge on any atom is -0.309 e. The number of rotatable bonds is 7. The van der Waals surface area contributed by atoms with E-state index in [9.17, 15) is 0 Å². The van der Waals surface area contributed by atoms with E-state index < -0.39 is 0 Å². The van der Waals surface area contributed by atoms with Crippen molar-refractivity contribution < 1.29 is 0 Å². The van der Waals surface area contributed by atoms with Crippen LogP contribution in [0.5, 0.6) is 0 Å². The van der Waals surface area contributed by atoms with E-state index in [4.69, 9.17) is 0 Å². The Balaban J connectivity index is 1.12. The van der Waals surface area contributed by atoms with E-state index in [1.165, 1.54) is 81.1 Å². The smallest absolute Gasteiger partial charge is 0.0555 e. The van der Waals surface area contributed by atoms with Gasteiger partial charge in [0.1, 0.15) is 0 Å². The maximum atomic E-state index is 2.46. The molecule has 0 amide bonds. The summed E-state index contributed by atoms with van der Waals surface area (Å²) in [6.45, 7) is 0. The van der Waals surface area contributed by atoms with Crippen LogP contribution in [0.25, 0.3) is 75.5 Å². The lowest BCUT2D eigenvalue weighted by Crippen LogP contribution is -2.11. The largest absolute Gasteiger partial charge is 0.309 e. The molecule has 0 unspecified atom stereocenters. The molecule has 0 aliphatic rings. The first-order valence-corrected chi connectivity index (χ1v) is 19.2. The van der Waals surface area contributed by atoms with Gasteiger partial charge in [-0.3, -0.25) is 0 Å². The second-order valence-electron chi connectivity index (χ2n) is 13.7. The molecule has 0 aliphatic heterocycles. The van der Waals surface area contributed by atoms with Crippen molar-refractivity contribution in [3.63, 3.8) is 0 Å². The summed E-state index contributed by atoms with van der Waals surface area (Å²) in [5, 5.41) is 5.06. The minimum atomic E-state index is 1.11. The second-order valence-corrected chi connectivity index (χ2v) is 14.8. The Morgan fingerprint density at radius 1 is 0.315 bits per heavy atom. The Kier molecular flexibility index (Phi) is 8.09. The number of fused-ring (bicyclic) bond motifs is 4. The molecule has 1 nitrogen and oxygen atoms in total. The molecular formula is C52H35NS. The summed E-state index contributed by atoms with van der Waals surface area (Å²) in [7, 11) is 0. The number of nitrogens with zero attached hydrogens (tertiary/aromatic N) is 1. The van der Waals surface area contributed by atoms with Crippen LogP contribution < -0.4 is 4.90 Å². The van der Waals surface area contributed by atoms with Crippen LogP contribution in [0.4, 0.5) is 17.1 Å². The van der Waals surface area contributed by atoms with Crippen LogP contribution in [0, 0.1) is 0 Å². The number of thiophene rings is 1. The SMILES string of the molecule is c1ccc(-c2ccc(-c3ccccc3N(c3ccc(-c4ccc5cccc(-c6ccccc6)c5c4)cc3)c3cccc4sc5ccccc5c34)cc2)cc1. The number of hydrogen-bond acceptors (Lipinski definition) is 2. The van der Waals surface area contributed by atoms with Crippen molar-refractivity contribution in [3.05, 3.63) is 212 Å². The summed E-state index contributed by atoms with van der Waals surface area (Å²) in [6.07, 6.45) is 0. The van der Waals surface area contributed by atoms with Gasteiger partial charge in [0.2, 0.25) is 0 Å². The van der Waals surface area contributed by atoms with Crippen molar-refractivity contribution >= 4 is 59.3 Å². The van der Waals surface area contributed by atoms with Crippen molar-refractivity contribution in [1.29, 1.82) is 0 Å². The summed E-state index contributed by atoms with van der Waals surface area (Å²) in [5.41, 5.74) is 13.1. The third-order valence-corrected chi connectivity index (χ3v) is 11.6. The van der Waals surface area contributed by atoms with Crippen LogP contribution in [0.2, 0.25) is 0 Å². The van der Waals surface area contributed by atoms with Crippen molar-refractivity contribution in [1.82, 2.24) is 0 Å². The molecule has 0 saturated heterocycles. The first-order valence-electron chi connectivity index (χ1n) is 18.4. The average Bonchev–Trinajstić information content (AvgIpc) is 3.64. The zero-order chi connectivity index (χ0) is 35.8. The maximum Gasteiger partial charge on any atom is 0.0555 e. The summed E-state index contributed by atoms with van der Waals surface area (Å²) >= 11 is 1.86. The van der Waals surface area contributed by atoms with Crippen molar-refractivity contribution in [2.75, 3.05) is 4.90 Å². The van der Waals surface area contributed by atoms with E-state index in [2.05, 4.69) is 217 Å². The highest BCUT2D eigenvalue weighted by molar-refractivity contribution is 7.26. The summed E-state index contributed by atoms with van der Waals surface area (Å²) in [5.74, 6) is 0. The molecule has 1 aromatic heterocycles. The summed E-state index contributed by atoms with van der Waals surface area (Å²) < 4.78 is 2.58. The molecule has 0 saturated carbocycles. The zero-order valence-electron chi connectivity index (χ0n) is 29.6. The number of para-hydroxylation sites is 1. The monoisotopic (exact) mass is 705 g/mol. The van der Waals surface area contributed by atoms with Gasteiger partial charge in [0.15, 0.2) is 0 Å². The lowest BCUT2D eigenvalue weighted by molar-refractivity contribution is 1.30. The molecule has 10 aromatic rings. The summed E-state index contributed by atoms with van der Waals surface area (Å²) in [4.78, 5) is 2.46. The molecule has 0 aliphatic carbocycles. The molecule has 0 spiro atoms. The fraction of sp³-hybridized carbons (Fsp3) is 0. The van der Waals surface area contributed by atoms with Gasteiger partial charge in [-0.25, -0.2) is 0 Å². The normalized spacial score (nSPS) is 11.3. The highest BCUT2D eigenvalue weighted by Gasteiger charge is 2.21. The quantitative estimate of drug-likeness (QED) is 0.160. The Hall–Kier alpha value is -6.74. The van der Waals surface area contributed by atoms with E-state index in [-0.39, 0.29) is 0 Å². The maximum absolute atomic E-state index is 2.46. The van der Waals surface area contributed by atoms with Crippen LogP contribution in [0.3, 0.4) is 0 Å². The van der Waals surface area contributed by atoms with Crippen molar-refractivity contribution in [3.8, 4) is 44.5 Å². The highest BCUT2D eigenvalue weighted by Crippen LogP contribution is 2.47. The van der Waals surface area contributed by atoms with E-state index in [0.717, 1.165) is 11.4 Å². The molecule has 0 fully saturated rings. The van der Waals surface area contributed by atoms with Gasteiger partial charge in [-0.15, -0.1) is 11.3 Å². The zero-order valence-corrected chi connectivity index (χ0v) is 30.4. The third kappa shape index (κ3) is 5.74. The van der Waals surface area contributed by atoms with E-state index in [1.807, 2.05) is 11.3 Å². The first kappa shape index (κ1) is 32.0. The van der Waals surface area contributed by atoms with Crippen LogP contribution >= 0.6 is 11.3 Å². The average molecular weight is 706 g/mol. The van der Waals surface area contributed by atoms with Gasteiger partial charge in [0.05, 0.1) is 11.4 Å². The first-order chi connectivity index (χ1) is 26.8. The Morgan fingerprint density at radius 3 is 1.67 bits per heavy atom. The van der Waals surface area contributed by atoms with Gasteiger partial charge in [-0.2, -0.15) is 0 Å². The Bertz CT molecular complexity index is 2910. The van der Waals surface area contributed by atoms with Crippen molar-refractivity contribution in [2.45, 2.75) is 0 Å². The third-order valence-electron chi connectivity index (χ3n) is 10.5. The topological polar surface area (TPSA) is 3.24 Å². The van der Waals surface area contributed by atoms with E-state index >= 15 is 0 Å².